The Hall–Kier alpha value is -6.56. The summed E-state index contributed by atoms with van der Waals surface area (Å²) in [5.74, 6) is -0.0803. The Kier molecular flexibility index (Phi) is 12.5. The minimum Gasteiger partial charge on any atom is -0.509 e. The number of aromatic nitrogens is 2. The average molecular weight is 1090 g/mol. The van der Waals surface area contributed by atoms with E-state index in [1.165, 1.54) is 28.8 Å². The fourth-order valence-corrected chi connectivity index (χ4v) is 9.26. The van der Waals surface area contributed by atoms with Gasteiger partial charge in [0.05, 0.1) is 0 Å². The summed E-state index contributed by atoms with van der Waals surface area (Å²) in [6.07, 6.45) is 1.86. The van der Waals surface area contributed by atoms with E-state index in [9.17, 15) is 1.37 Å². The van der Waals surface area contributed by atoms with E-state index in [-0.39, 0.29) is 38.3 Å². The molecule has 0 fully saturated rings. The van der Waals surface area contributed by atoms with Gasteiger partial charge in [0.15, 0.2) is 0 Å². The van der Waals surface area contributed by atoms with Crippen molar-refractivity contribution in [1.29, 1.82) is 0 Å². The largest absolute Gasteiger partial charge is 0.509 e. The van der Waals surface area contributed by atoms with Gasteiger partial charge in [-0.25, -0.2) is 13.8 Å². The molecule has 352 valence electrons. The number of rotatable bonds is 10. The molecule has 0 N–H and O–H groups in total. The number of ether oxygens (including phenoxy) is 1. The molecule has 1 aliphatic heterocycles. The second kappa shape index (κ2) is 18.7. The van der Waals surface area contributed by atoms with Crippen molar-refractivity contribution in [3.05, 3.63) is 198 Å². The number of nitrogens with zero attached hydrogens (tertiary/aromatic N) is 4. The van der Waals surface area contributed by atoms with E-state index < -0.39 is 17.5 Å². The molecule has 5 nitrogen and oxygen atoms in total. The van der Waals surface area contributed by atoms with Gasteiger partial charge in [-0.2, -0.15) is 6.07 Å². The molecule has 1 aliphatic rings. The maximum atomic E-state index is 15.1. The van der Waals surface area contributed by atoms with Gasteiger partial charge in [0.1, 0.15) is 17.5 Å². The molecular weight excluding hydrogens is 1040 g/mol. The Morgan fingerprint density at radius 2 is 1.26 bits per heavy atom. The van der Waals surface area contributed by atoms with Crippen molar-refractivity contribution in [1.82, 2.24) is 9.55 Å². The third-order valence-corrected chi connectivity index (χ3v) is 13.0. The topological polar surface area (TPSA) is 33.5 Å². The number of pyridine rings is 1. The van der Waals surface area contributed by atoms with Crippen molar-refractivity contribution >= 4 is 44.6 Å². The second-order valence-electron chi connectivity index (χ2n) is 19.7. The molecular formula is C61H55F2N4OPt-3. The summed E-state index contributed by atoms with van der Waals surface area (Å²) in [7, 11) is 0. The third kappa shape index (κ3) is 9.10. The van der Waals surface area contributed by atoms with E-state index in [0.29, 0.717) is 28.3 Å². The molecule has 3 heterocycles. The van der Waals surface area contributed by atoms with Crippen LogP contribution in [0.1, 0.15) is 104 Å². The zero-order chi connectivity index (χ0) is 48.5. The third-order valence-electron chi connectivity index (χ3n) is 13.0. The Morgan fingerprint density at radius 3 is 1.91 bits per heavy atom. The van der Waals surface area contributed by atoms with Gasteiger partial charge in [-0.1, -0.05) is 135 Å². The fraction of sp³-hybridized carbons (Fsp3) is 0.213. The first-order valence-electron chi connectivity index (χ1n) is 23.9. The zero-order valence-corrected chi connectivity index (χ0v) is 42.6. The first-order valence-corrected chi connectivity index (χ1v) is 23.4. The molecule has 0 spiro atoms. The van der Waals surface area contributed by atoms with Crippen LogP contribution >= 0.6 is 0 Å². The molecule has 7 aromatic carbocycles. The predicted molar refractivity (Wildman–Crippen MR) is 276 cm³/mol. The van der Waals surface area contributed by atoms with Crippen LogP contribution in [0.3, 0.4) is 0 Å². The number of fused-ring (bicyclic) bond motifs is 4. The van der Waals surface area contributed by atoms with Crippen LogP contribution in [0.2, 0.25) is 0 Å². The minimum atomic E-state index is -1.01. The average Bonchev–Trinajstić information content (AvgIpc) is 3.86. The number of anilines is 4. The Labute approximate surface area is 421 Å². The number of para-hydroxylation sites is 4. The van der Waals surface area contributed by atoms with Gasteiger partial charge in [-0.05, 0) is 98.8 Å². The second-order valence-corrected chi connectivity index (χ2v) is 19.7. The van der Waals surface area contributed by atoms with E-state index in [1.807, 2.05) is 98.3 Å². The monoisotopic (exact) mass is 1090 g/mol. The molecule has 69 heavy (non-hydrogen) atoms. The Bertz CT molecular complexity index is 3390. The molecule has 2 aromatic heterocycles. The molecule has 9 aromatic rings. The fourth-order valence-electron chi connectivity index (χ4n) is 9.26. The Balaban J connectivity index is 0.00000608. The number of benzene rings is 7. The Morgan fingerprint density at radius 1 is 0.623 bits per heavy atom. The molecule has 0 saturated heterocycles. The van der Waals surface area contributed by atoms with Crippen molar-refractivity contribution in [2.45, 2.75) is 85.5 Å². The molecule has 10 rings (SSSR count). The van der Waals surface area contributed by atoms with Gasteiger partial charge in [-0.3, -0.25) is 0 Å². The van der Waals surface area contributed by atoms with Crippen LogP contribution in [0, 0.1) is 30.4 Å². The maximum absolute atomic E-state index is 15.1. The van der Waals surface area contributed by atoms with Crippen LogP contribution in [0.5, 0.6) is 11.5 Å². The molecule has 0 atom stereocenters. The van der Waals surface area contributed by atoms with Gasteiger partial charge in [0.2, 0.25) is 0 Å². The van der Waals surface area contributed by atoms with Gasteiger partial charge in [0, 0.05) is 79.9 Å². The zero-order valence-electron chi connectivity index (χ0n) is 41.4. The summed E-state index contributed by atoms with van der Waals surface area (Å²) in [5.41, 5.74) is 12.2. The van der Waals surface area contributed by atoms with Crippen molar-refractivity contribution in [2.75, 3.05) is 9.80 Å². The quantitative estimate of drug-likeness (QED) is 0.128. The van der Waals surface area contributed by atoms with Crippen LogP contribution in [0.15, 0.2) is 146 Å². The smallest absolute Gasteiger partial charge is 0.135 e. The summed E-state index contributed by atoms with van der Waals surface area (Å²) < 4.78 is 48.5. The molecule has 0 saturated carbocycles. The van der Waals surface area contributed by atoms with Gasteiger partial charge in [0.25, 0.3) is 0 Å². The van der Waals surface area contributed by atoms with Gasteiger partial charge < -0.3 is 19.1 Å². The van der Waals surface area contributed by atoms with Crippen LogP contribution < -0.4 is 14.5 Å². The van der Waals surface area contributed by atoms with Crippen molar-refractivity contribution in [3.8, 4) is 39.6 Å². The van der Waals surface area contributed by atoms with E-state index in [0.717, 1.165) is 67.4 Å². The van der Waals surface area contributed by atoms with Crippen LogP contribution in [0.25, 0.3) is 49.9 Å². The molecule has 0 bridgehead atoms. The summed E-state index contributed by atoms with van der Waals surface area (Å²) in [6.45, 7) is 21.1. The number of halogens is 2. The SMILES string of the molecule is [2H]C(C)(C)c1cc(Oc2[c-]c3c(cc2)c2ccccc2n3-c2cc(C(C)(C)C)ccn2)[c-]c(N2[CH-]N(c3c(-c4cc(F)cc(F)c4)cccc3-c3cc(C(C)C)cc(C(C)C)c3)c3ccccc32)c1.[Pt]. The predicted octanol–water partition coefficient (Wildman–Crippen LogP) is 17.3. The van der Waals surface area contributed by atoms with Crippen molar-refractivity contribution < 1.29 is 36.0 Å². The van der Waals surface area contributed by atoms with Gasteiger partial charge in [-0.15, -0.1) is 53.6 Å². The molecule has 0 aliphatic carbocycles. The number of hydrogen-bond acceptors (Lipinski definition) is 4. The molecule has 0 unspecified atom stereocenters. The number of hydrogen-bond donors (Lipinski definition) is 0. The molecule has 0 amide bonds. The van der Waals surface area contributed by atoms with Crippen LogP contribution in [-0.4, -0.2) is 9.55 Å². The van der Waals surface area contributed by atoms with E-state index in [4.69, 9.17) is 9.72 Å². The molecule has 0 radical (unpaired) electrons. The first-order chi connectivity index (χ1) is 32.9. The molecule has 8 heteroatoms. The summed E-state index contributed by atoms with van der Waals surface area (Å²) in [5, 5.41) is 2.10. The van der Waals surface area contributed by atoms with E-state index in [2.05, 4.69) is 125 Å². The summed E-state index contributed by atoms with van der Waals surface area (Å²) in [6, 6.07) is 52.0. The van der Waals surface area contributed by atoms with E-state index in [1.54, 1.807) is 0 Å². The maximum Gasteiger partial charge on any atom is 0.135 e. The minimum absolute atomic E-state index is 0. The summed E-state index contributed by atoms with van der Waals surface area (Å²) >= 11 is 0. The standard InChI is InChI=1S/C61H55F2N4O.Pt/c1-37(2)40-25-41(38(3)4)27-43(26-40)51-16-14-17-52(44-28-46(62)33-47(63)29-44)60(51)66-36-65(56-19-12-13-20-57(56)66)48-30-42(39(5)6)31-50(34-48)68-49-21-22-54-53-15-10-11-18-55(53)67(58(54)35-49)59-32-45(23-24-64-59)61(7,8)9;/h10-33,36-39H,1-9H3;/q-3;/i39D;. The van der Waals surface area contributed by atoms with Crippen molar-refractivity contribution in [3.63, 3.8) is 0 Å². The van der Waals surface area contributed by atoms with Gasteiger partial charge >= 0.3 is 0 Å². The van der Waals surface area contributed by atoms with Crippen molar-refractivity contribution in [2.24, 2.45) is 0 Å². The summed E-state index contributed by atoms with van der Waals surface area (Å²) in [4.78, 5) is 9.01. The van der Waals surface area contributed by atoms with E-state index >= 15 is 8.78 Å². The first kappa shape index (κ1) is 46.2. The normalized spacial score (nSPS) is 13.1. The van der Waals surface area contributed by atoms with Crippen LogP contribution in [-0.2, 0) is 26.5 Å². The van der Waals surface area contributed by atoms with Crippen LogP contribution in [0.4, 0.5) is 31.5 Å².